The molecule has 2 N–H and O–H groups in total. The van der Waals surface area contributed by atoms with Crippen molar-refractivity contribution in [2.75, 3.05) is 17.2 Å². The largest absolute Gasteiger partial charge is 0.366 e. The van der Waals surface area contributed by atoms with Gasteiger partial charge >= 0.3 is 0 Å². The van der Waals surface area contributed by atoms with Crippen LogP contribution in [0, 0.1) is 0 Å². The molecule has 0 bridgehead atoms. The van der Waals surface area contributed by atoms with Crippen molar-refractivity contribution in [3.8, 4) is 0 Å². The van der Waals surface area contributed by atoms with Gasteiger partial charge in [-0.2, -0.15) is 4.98 Å². The Balaban J connectivity index is 2.08. The third-order valence-electron chi connectivity index (χ3n) is 2.11. The van der Waals surface area contributed by atoms with Gasteiger partial charge in [-0.3, -0.25) is 0 Å². The highest BCUT2D eigenvalue weighted by Crippen LogP contribution is 2.12. The molecule has 0 spiro atoms. The van der Waals surface area contributed by atoms with Crippen molar-refractivity contribution < 1.29 is 0 Å². The third kappa shape index (κ3) is 3.31. The molecule has 0 atom stereocenters. The van der Waals surface area contributed by atoms with E-state index < -0.39 is 0 Å². The summed E-state index contributed by atoms with van der Waals surface area (Å²) < 4.78 is 0. The maximum atomic E-state index is 4.32. The molecule has 0 saturated heterocycles. The molecule has 1 heterocycles. The lowest BCUT2D eigenvalue weighted by atomic mass is 10.3. The van der Waals surface area contributed by atoms with E-state index in [2.05, 4.69) is 27.2 Å². The quantitative estimate of drug-likeness (QED) is 0.770. The first-order valence-corrected chi connectivity index (χ1v) is 5.38. The van der Waals surface area contributed by atoms with E-state index in [4.69, 9.17) is 0 Å². The molecule has 0 aliphatic carbocycles. The lowest BCUT2D eigenvalue weighted by Gasteiger charge is -2.06. The molecule has 2 rings (SSSR count). The maximum absolute atomic E-state index is 4.32. The van der Waals surface area contributed by atoms with Crippen LogP contribution in [0.4, 0.5) is 17.5 Å². The number of nitrogens with zero attached hydrogens (tertiary/aromatic N) is 2. The Hall–Kier alpha value is -2.36. The highest BCUT2D eigenvalue weighted by Gasteiger charge is 1.98. The highest BCUT2D eigenvalue weighted by molar-refractivity contribution is 5.54. The van der Waals surface area contributed by atoms with Crippen LogP contribution in [-0.4, -0.2) is 16.5 Å². The molecule has 17 heavy (non-hydrogen) atoms. The summed E-state index contributed by atoms with van der Waals surface area (Å²) >= 11 is 0. The predicted molar refractivity (Wildman–Crippen MR) is 70.4 cm³/mol. The molecular weight excluding hydrogens is 212 g/mol. The second-order valence-electron chi connectivity index (χ2n) is 3.43. The normalized spacial score (nSPS) is 9.65. The number of aromatic nitrogens is 2. The molecule has 0 radical (unpaired) electrons. The number of nitrogens with one attached hydrogen (secondary N) is 2. The van der Waals surface area contributed by atoms with E-state index in [0.717, 1.165) is 11.5 Å². The summed E-state index contributed by atoms with van der Waals surface area (Å²) in [6.07, 6.45) is 3.50. The molecule has 0 amide bonds. The molecule has 0 aliphatic rings. The molecule has 0 fully saturated rings. The van der Waals surface area contributed by atoms with Crippen LogP contribution in [0.25, 0.3) is 0 Å². The van der Waals surface area contributed by atoms with Gasteiger partial charge in [0.15, 0.2) is 0 Å². The SMILES string of the molecule is C=CCNc1ccnc(Nc2ccccc2)n1. The molecule has 1 aromatic heterocycles. The number of hydrogen-bond donors (Lipinski definition) is 2. The summed E-state index contributed by atoms with van der Waals surface area (Å²) in [5, 5.41) is 6.24. The lowest BCUT2D eigenvalue weighted by Crippen LogP contribution is -2.03. The zero-order valence-corrected chi connectivity index (χ0v) is 9.43. The Morgan fingerprint density at radius 3 is 2.76 bits per heavy atom. The van der Waals surface area contributed by atoms with Gasteiger partial charge in [-0.15, -0.1) is 6.58 Å². The topological polar surface area (TPSA) is 49.8 Å². The van der Waals surface area contributed by atoms with Gasteiger partial charge in [0.2, 0.25) is 5.95 Å². The molecule has 0 saturated carbocycles. The van der Waals surface area contributed by atoms with Gasteiger partial charge < -0.3 is 10.6 Å². The lowest BCUT2D eigenvalue weighted by molar-refractivity contribution is 1.14. The first kappa shape index (κ1) is 11.1. The summed E-state index contributed by atoms with van der Waals surface area (Å²) in [6, 6.07) is 11.6. The van der Waals surface area contributed by atoms with Crippen LogP contribution in [-0.2, 0) is 0 Å². The van der Waals surface area contributed by atoms with E-state index in [9.17, 15) is 0 Å². The molecule has 0 unspecified atom stereocenters. The van der Waals surface area contributed by atoms with Crippen LogP contribution in [0.2, 0.25) is 0 Å². The minimum absolute atomic E-state index is 0.574. The van der Waals surface area contributed by atoms with Crippen LogP contribution < -0.4 is 10.6 Å². The fourth-order valence-electron chi connectivity index (χ4n) is 1.34. The summed E-state index contributed by atoms with van der Waals surface area (Å²) in [5.41, 5.74) is 0.966. The van der Waals surface area contributed by atoms with Gasteiger partial charge in [0.05, 0.1) is 0 Å². The summed E-state index contributed by atoms with van der Waals surface area (Å²) in [4.78, 5) is 8.48. The van der Waals surface area contributed by atoms with Gasteiger partial charge in [-0.1, -0.05) is 24.3 Å². The zero-order chi connectivity index (χ0) is 11.9. The number of hydrogen-bond acceptors (Lipinski definition) is 4. The van der Waals surface area contributed by atoms with Crippen LogP contribution in [0.1, 0.15) is 0 Å². The van der Waals surface area contributed by atoms with Crippen LogP contribution in [0.3, 0.4) is 0 Å². The smallest absolute Gasteiger partial charge is 0.229 e. The Kier molecular flexibility index (Phi) is 3.70. The number of benzene rings is 1. The Morgan fingerprint density at radius 1 is 1.18 bits per heavy atom. The Labute approximate surface area is 100 Å². The Morgan fingerprint density at radius 2 is 2.00 bits per heavy atom. The molecule has 2 aromatic rings. The van der Waals surface area contributed by atoms with Crippen molar-refractivity contribution in [2.45, 2.75) is 0 Å². The minimum Gasteiger partial charge on any atom is -0.366 e. The first-order valence-electron chi connectivity index (χ1n) is 5.38. The zero-order valence-electron chi connectivity index (χ0n) is 9.43. The van der Waals surface area contributed by atoms with Crippen molar-refractivity contribution in [1.82, 2.24) is 9.97 Å². The third-order valence-corrected chi connectivity index (χ3v) is 2.11. The van der Waals surface area contributed by atoms with Crippen molar-refractivity contribution in [1.29, 1.82) is 0 Å². The van der Waals surface area contributed by atoms with Crippen LogP contribution in [0.15, 0.2) is 55.3 Å². The maximum Gasteiger partial charge on any atom is 0.229 e. The van der Waals surface area contributed by atoms with Gasteiger partial charge in [0.1, 0.15) is 5.82 Å². The van der Waals surface area contributed by atoms with Crippen LogP contribution >= 0.6 is 0 Å². The molecule has 86 valence electrons. The Bertz CT molecular complexity index is 482. The highest BCUT2D eigenvalue weighted by atomic mass is 15.1. The molecule has 4 nitrogen and oxygen atoms in total. The second kappa shape index (κ2) is 5.65. The van der Waals surface area contributed by atoms with E-state index in [1.807, 2.05) is 36.4 Å². The van der Waals surface area contributed by atoms with Gasteiger partial charge in [0.25, 0.3) is 0 Å². The number of anilines is 3. The molecular formula is C13H14N4. The summed E-state index contributed by atoms with van der Waals surface area (Å²) in [7, 11) is 0. The number of rotatable bonds is 5. The molecule has 1 aromatic carbocycles. The predicted octanol–water partition coefficient (Wildman–Crippen LogP) is 2.82. The monoisotopic (exact) mass is 226 g/mol. The van der Waals surface area contributed by atoms with Crippen molar-refractivity contribution in [3.63, 3.8) is 0 Å². The number of para-hydroxylation sites is 1. The first-order chi connectivity index (χ1) is 8.38. The van der Waals surface area contributed by atoms with Gasteiger partial charge in [-0.05, 0) is 18.2 Å². The summed E-state index contributed by atoms with van der Waals surface area (Å²) in [6.45, 7) is 4.33. The van der Waals surface area contributed by atoms with E-state index in [1.54, 1.807) is 12.3 Å². The average Bonchev–Trinajstić information content (AvgIpc) is 2.38. The van der Waals surface area contributed by atoms with Crippen molar-refractivity contribution in [2.24, 2.45) is 0 Å². The van der Waals surface area contributed by atoms with E-state index in [1.165, 1.54) is 0 Å². The summed E-state index contributed by atoms with van der Waals surface area (Å²) in [5.74, 6) is 1.35. The van der Waals surface area contributed by atoms with Gasteiger partial charge in [0, 0.05) is 18.4 Å². The van der Waals surface area contributed by atoms with Crippen LogP contribution in [0.5, 0.6) is 0 Å². The minimum atomic E-state index is 0.574. The molecule has 0 aliphatic heterocycles. The van der Waals surface area contributed by atoms with Crippen molar-refractivity contribution >= 4 is 17.5 Å². The molecule has 4 heteroatoms. The van der Waals surface area contributed by atoms with E-state index >= 15 is 0 Å². The van der Waals surface area contributed by atoms with Crippen molar-refractivity contribution in [3.05, 3.63) is 55.3 Å². The van der Waals surface area contributed by atoms with E-state index in [-0.39, 0.29) is 0 Å². The standard InChI is InChI=1S/C13H14N4/c1-2-9-14-12-8-10-15-13(17-12)16-11-6-4-3-5-7-11/h2-8,10H,1,9H2,(H2,14,15,16,17). The second-order valence-corrected chi connectivity index (χ2v) is 3.43. The average molecular weight is 226 g/mol. The van der Waals surface area contributed by atoms with E-state index in [0.29, 0.717) is 12.5 Å². The van der Waals surface area contributed by atoms with Gasteiger partial charge in [-0.25, -0.2) is 4.98 Å². The fourth-order valence-corrected chi connectivity index (χ4v) is 1.34. The fraction of sp³-hybridized carbons (Fsp3) is 0.0769.